The summed E-state index contributed by atoms with van der Waals surface area (Å²) in [5.41, 5.74) is 1.97. The zero-order valence-electron chi connectivity index (χ0n) is 13.0. The van der Waals surface area contributed by atoms with Crippen molar-refractivity contribution in [3.8, 4) is 11.3 Å². The molecule has 2 aromatic rings. The average molecular weight is 305 g/mol. The highest BCUT2D eigenvalue weighted by molar-refractivity contribution is 7.09. The summed E-state index contributed by atoms with van der Waals surface area (Å²) in [6.07, 6.45) is -0.237. The Labute approximate surface area is 130 Å². The van der Waals surface area contributed by atoms with E-state index < -0.39 is 6.10 Å². The van der Waals surface area contributed by atoms with Gasteiger partial charge in [0.05, 0.1) is 22.9 Å². The first kappa shape index (κ1) is 16.1. The normalized spacial score (nSPS) is 14.9. The molecule has 0 aliphatic rings. The molecular formula is C17H23NO2S. The number of benzene rings is 1. The molecule has 0 saturated carbocycles. The van der Waals surface area contributed by atoms with Gasteiger partial charge in [-0.25, -0.2) is 4.98 Å². The van der Waals surface area contributed by atoms with Gasteiger partial charge in [-0.05, 0) is 5.41 Å². The number of aromatic nitrogens is 1. The predicted molar refractivity (Wildman–Crippen MR) is 87.5 cm³/mol. The molecule has 0 aliphatic heterocycles. The van der Waals surface area contributed by atoms with Crippen LogP contribution in [0.3, 0.4) is 0 Å². The second kappa shape index (κ2) is 6.69. The fourth-order valence-corrected chi connectivity index (χ4v) is 3.37. The SMILES string of the molecule is COC(C(O)Cc1nc(-c2ccccc2)cs1)C(C)(C)C. The number of hydrogen-bond donors (Lipinski definition) is 1. The van der Waals surface area contributed by atoms with Crippen LogP contribution in [0.15, 0.2) is 35.7 Å². The van der Waals surface area contributed by atoms with Crippen molar-refractivity contribution in [1.29, 1.82) is 0 Å². The topological polar surface area (TPSA) is 42.4 Å². The molecule has 1 N–H and O–H groups in total. The summed E-state index contributed by atoms with van der Waals surface area (Å²) in [5.74, 6) is 0. The first-order valence-corrected chi connectivity index (χ1v) is 8.00. The van der Waals surface area contributed by atoms with Crippen molar-refractivity contribution in [2.45, 2.75) is 39.4 Å². The monoisotopic (exact) mass is 305 g/mol. The molecule has 0 spiro atoms. The highest BCUT2D eigenvalue weighted by Gasteiger charge is 2.31. The van der Waals surface area contributed by atoms with Gasteiger partial charge in [-0.15, -0.1) is 11.3 Å². The maximum Gasteiger partial charge on any atom is 0.0959 e. The molecule has 0 fully saturated rings. The van der Waals surface area contributed by atoms with Crippen LogP contribution in [0.1, 0.15) is 25.8 Å². The van der Waals surface area contributed by atoms with E-state index in [9.17, 15) is 5.11 Å². The molecular weight excluding hydrogens is 282 g/mol. The number of methoxy groups -OCH3 is 1. The Morgan fingerprint density at radius 1 is 1.24 bits per heavy atom. The van der Waals surface area contributed by atoms with Gasteiger partial charge in [-0.2, -0.15) is 0 Å². The first-order chi connectivity index (χ1) is 9.91. The van der Waals surface area contributed by atoms with Crippen molar-refractivity contribution in [2.24, 2.45) is 5.41 Å². The van der Waals surface area contributed by atoms with E-state index in [1.54, 1.807) is 18.4 Å². The van der Waals surface area contributed by atoms with Crippen LogP contribution in [-0.2, 0) is 11.2 Å². The van der Waals surface area contributed by atoms with Crippen LogP contribution in [0.4, 0.5) is 0 Å². The highest BCUT2D eigenvalue weighted by Crippen LogP contribution is 2.28. The zero-order valence-corrected chi connectivity index (χ0v) is 13.9. The zero-order chi connectivity index (χ0) is 15.5. The Bertz CT molecular complexity index is 560. The van der Waals surface area contributed by atoms with Crippen LogP contribution in [0.5, 0.6) is 0 Å². The minimum atomic E-state index is -0.551. The predicted octanol–water partition coefficient (Wildman–Crippen LogP) is 3.77. The minimum Gasteiger partial charge on any atom is -0.390 e. The third-order valence-corrected chi connectivity index (χ3v) is 4.33. The summed E-state index contributed by atoms with van der Waals surface area (Å²) in [4.78, 5) is 4.62. The van der Waals surface area contributed by atoms with Crippen LogP contribution < -0.4 is 0 Å². The lowest BCUT2D eigenvalue weighted by Crippen LogP contribution is -2.40. The molecule has 1 heterocycles. The van der Waals surface area contributed by atoms with Gasteiger partial charge in [0.2, 0.25) is 0 Å². The Balaban J connectivity index is 2.09. The number of thiazole rings is 1. The van der Waals surface area contributed by atoms with Crippen molar-refractivity contribution in [2.75, 3.05) is 7.11 Å². The Morgan fingerprint density at radius 3 is 2.48 bits per heavy atom. The van der Waals surface area contributed by atoms with Gasteiger partial charge in [0.1, 0.15) is 0 Å². The van der Waals surface area contributed by atoms with E-state index in [4.69, 9.17) is 4.74 Å². The Morgan fingerprint density at radius 2 is 1.90 bits per heavy atom. The quantitative estimate of drug-likeness (QED) is 0.914. The van der Waals surface area contributed by atoms with E-state index in [0.29, 0.717) is 6.42 Å². The molecule has 4 heteroatoms. The van der Waals surface area contributed by atoms with E-state index >= 15 is 0 Å². The number of nitrogens with zero attached hydrogens (tertiary/aromatic N) is 1. The van der Waals surface area contributed by atoms with Crippen LogP contribution in [0, 0.1) is 5.41 Å². The largest absolute Gasteiger partial charge is 0.390 e. The van der Waals surface area contributed by atoms with Crippen molar-refractivity contribution >= 4 is 11.3 Å². The van der Waals surface area contributed by atoms with Gasteiger partial charge < -0.3 is 9.84 Å². The van der Waals surface area contributed by atoms with Crippen LogP contribution >= 0.6 is 11.3 Å². The third kappa shape index (κ3) is 4.13. The van der Waals surface area contributed by atoms with Gasteiger partial charge in [-0.1, -0.05) is 51.1 Å². The lowest BCUT2D eigenvalue weighted by Gasteiger charge is -2.32. The molecule has 2 unspecified atom stereocenters. The van der Waals surface area contributed by atoms with Gasteiger partial charge in [-0.3, -0.25) is 0 Å². The number of hydrogen-bond acceptors (Lipinski definition) is 4. The molecule has 2 atom stereocenters. The van der Waals surface area contributed by atoms with Crippen molar-refractivity contribution < 1.29 is 9.84 Å². The molecule has 0 radical (unpaired) electrons. The number of ether oxygens (including phenoxy) is 1. The van der Waals surface area contributed by atoms with E-state index in [2.05, 4.69) is 25.8 Å². The van der Waals surface area contributed by atoms with Gasteiger partial charge in [0.25, 0.3) is 0 Å². The minimum absolute atomic E-state index is 0.103. The van der Waals surface area contributed by atoms with Crippen LogP contribution in [0.2, 0.25) is 0 Å². The fourth-order valence-electron chi connectivity index (χ4n) is 2.52. The second-order valence-corrected chi connectivity index (χ2v) is 7.23. The van der Waals surface area contributed by atoms with E-state index in [1.165, 1.54) is 0 Å². The summed E-state index contributed by atoms with van der Waals surface area (Å²) in [7, 11) is 1.65. The van der Waals surface area contributed by atoms with Crippen molar-refractivity contribution in [3.05, 3.63) is 40.7 Å². The summed E-state index contributed by atoms with van der Waals surface area (Å²) in [6.45, 7) is 6.21. The summed E-state index contributed by atoms with van der Waals surface area (Å²) >= 11 is 1.58. The standard InChI is InChI=1S/C17H23NO2S/c1-17(2,3)16(20-4)14(19)10-15-18-13(11-21-15)12-8-6-5-7-9-12/h5-9,11,14,16,19H,10H2,1-4H3. The molecule has 0 saturated heterocycles. The second-order valence-electron chi connectivity index (χ2n) is 6.29. The lowest BCUT2D eigenvalue weighted by atomic mass is 9.85. The summed E-state index contributed by atoms with van der Waals surface area (Å²) in [6, 6.07) is 10.1. The lowest BCUT2D eigenvalue weighted by molar-refractivity contribution is -0.0699. The molecule has 3 nitrogen and oxygen atoms in total. The number of rotatable bonds is 5. The maximum absolute atomic E-state index is 10.4. The maximum atomic E-state index is 10.4. The number of aliphatic hydroxyl groups is 1. The average Bonchev–Trinajstić information content (AvgIpc) is 2.87. The van der Waals surface area contributed by atoms with Gasteiger partial charge >= 0.3 is 0 Å². The molecule has 1 aromatic heterocycles. The van der Waals surface area contributed by atoms with Gasteiger partial charge in [0, 0.05) is 24.5 Å². The van der Waals surface area contributed by atoms with Crippen LogP contribution in [0.25, 0.3) is 11.3 Å². The van der Waals surface area contributed by atoms with E-state index in [0.717, 1.165) is 16.3 Å². The molecule has 114 valence electrons. The molecule has 0 amide bonds. The Hall–Kier alpha value is -1.23. The fraction of sp³-hybridized carbons (Fsp3) is 0.471. The van der Waals surface area contributed by atoms with Crippen molar-refractivity contribution in [3.63, 3.8) is 0 Å². The third-order valence-electron chi connectivity index (χ3n) is 3.46. The molecule has 1 aromatic carbocycles. The highest BCUT2D eigenvalue weighted by atomic mass is 32.1. The van der Waals surface area contributed by atoms with Crippen molar-refractivity contribution in [1.82, 2.24) is 4.98 Å². The smallest absolute Gasteiger partial charge is 0.0959 e. The molecule has 2 rings (SSSR count). The first-order valence-electron chi connectivity index (χ1n) is 7.12. The Kier molecular flexibility index (Phi) is 5.14. The molecule has 0 bridgehead atoms. The van der Waals surface area contributed by atoms with Crippen LogP contribution in [-0.4, -0.2) is 29.4 Å². The van der Waals surface area contributed by atoms with Gasteiger partial charge in [0.15, 0.2) is 0 Å². The summed E-state index contributed by atoms with van der Waals surface area (Å²) < 4.78 is 5.47. The number of aliphatic hydroxyl groups excluding tert-OH is 1. The van der Waals surface area contributed by atoms with E-state index in [-0.39, 0.29) is 11.5 Å². The summed E-state index contributed by atoms with van der Waals surface area (Å²) in [5, 5.41) is 13.4. The molecule has 21 heavy (non-hydrogen) atoms. The van der Waals surface area contributed by atoms with E-state index in [1.807, 2.05) is 35.7 Å². The molecule has 0 aliphatic carbocycles.